The average Bonchev–Trinajstić information content (AvgIpc) is 3.37. The molecule has 156 valence electrons. The van der Waals surface area contributed by atoms with Crippen molar-refractivity contribution in [3.63, 3.8) is 0 Å². The largest absolute Gasteiger partial charge is 0.0625 e. The van der Waals surface area contributed by atoms with Gasteiger partial charge < -0.3 is 0 Å². The summed E-state index contributed by atoms with van der Waals surface area (Å²) in [6.07, 6.45) is 19.4. The predicted octanol–water partition coefficient (Wildman–Crippen LogP) is 7.43. The van der Waals surface area contributed by atoms with E-state index in [1.54, 1.807) is 77.0 Å². The van der Waals surface area contributed by atoms with Gasteiger partial charge in [0.15, 0.2) is 0 Å². The molecule has 7 saturated carbocycles. The minimum absolute atomic E-state index is 1.05. The Bertz CT molecular complexity index is 622. The summed E-state index contributed by atoms with van der Waals surface area (Å²) in [5.74, 6) is 16.0. The first-order chi connectivity index (χ1) is 13.7. The number of hydrogen-bond acceptors (Lipinski definition) is 0. The fraction of sp³-hybridized carbons (Fsp3) is 1.00. The monoisotopic (exact) mass is 380 g/mol. The van der Waals surface area contributed by atoms with Gasteiger partial charge in [0, 0.05) is 0 Å². The van der Waals surface area contributed by atoms with Gasteiger partial charge in [-0.1, -0.05) is 39.5 Å². The fourth-order valence-corrected chi connectivity index (χ4v) is 12.2. The van der Waals surface area contributed by atoms with Crippen molar-refractivity contribution in [1.29, 1.82) is 0 Å². The number of rotatable bonds is 1. The van der Waals surface area contributed by atoms with Crippen LogP contribution in [0, 0.1) is 82.9 Å². The summed E-state index contributed by atoms with van der Waals surface area (Å²) in [5, 5.41) is 0. The van der Waals surface area contributed by atoms with Crippen LogP contribution in [0.1, 0.15) is 90.9 Å². The van der Waals surface area contributed by atoms with Crippen LogP contribution in [-0.4, -0.2) is 0 Å². The second-order valence-electron chi connectivity index (χ2n) is 13.4. The summed E-state index contributed by atoms with van der Waals surface area (Å²) in [7, 11) is 0. The Morgan fingerprint density at radius 2 is 1.00 bits per heavy atom. The smallest absolute Gasteiger partial charge is 0.0318 e. The van der Waals surface area contributed by atoms with Crippen molar-refractivity contribution in [3.8, 4) is 0 Å². The zero-order valence-corrected chi connectivity index (χ0v) is 18.6. The van der Waals surface area contributed by atoms with Crippen molar-refractivity contribution >= 4 is 0 Å². The molecule has 0 aromatic carbocycles. The van der Waals surface area contributed by atoms with Gasteiger partial charge in [-0.3, -0.25) is 0 Å². The Balaban J connectivity index is 1.22. The molecule has 28 heavy (non-hydrogen) atoms. The van der Waals surface area contributed by atoms with Crippen LogP contribution in [0.2, 0.25) is 0 Å². The van der Waals surface area contributed by atoms with Crippen molar-refractivity contribution in [2.24, 2.45) is 82.9 Å². The first-order valence-electron chi connectivity index (χ1n) is 13.7. The summed E-state index contributed by atoms with van der Waals surface area (Å²) < 4.78 is 0. The molecule has 0 saturated heterocycles. The van der Waals surface area contributed by atoms with E-state index in [0.717, 1.165) is 47.3 Å². The highest BCUT2D eigenvalue weighted by molar-refractivity contribution is 5.10. The molecule has 0 heterocycles. The molecule has 7 aliphatic carbocycles. The Morgan fingerprint density at radius 3 is 1.82 bits per heavy atom. The topological polar surface area (TPSA) is 0 Å². The van der Waals surface area contributed by atoms with Gasteiger partial charge in [0.1, 0.15) is 0 Å². The van der Waals surface area contributed by atoms with Crippen molar-refractivity contribution in [2.45, 2.75) is 90.9 Å². The summed E-state index contributed by atoms with van der Waals surface area (Å²) in [4.78, 5) is 0. The lowest BCUT2D eigenvalue weighted by molar-refractivity contribution is -0.137. The molecule has 0 amide bonds. The second kappa shape index (κ2) is 6.26. The Kier molecular flexibility index (Phi) is 3.95. The molecule has 0 N–H and O–H groups in total. The molecule has 0 aromatic heterocycles. The first kappa shape index (κ1) is 17.7. The molecule has 0 nitrogen and oxygen atoms in total. The Hall–Kier alpha value is 0. The third-order valence-corrected chi connectivity index (χ3v) is 12.6. The van der Waals surface area contributed by atoms with Crippen LogP contribution in [-0.2, 0) is 0 Å². The van der Waals surface area contributed by atoms with E-state index in [2.05, 4.69) is 13.8 Å². The Labute approximate surface area is 174 Å². The highest BCUT2D eigenvalue weighted by atomic mass is 14.7. The number of fused-ring (bicyclic) bond motifs is 5. The first-order valence-corrected chi connectivity index (χ1v) is 13.7. The van der Waals surface area contributed by atoms with E-state index in [0.29, 0.717) is 0 Å². The van der Waals surface area contributed by atoms with E-state index in [1.165, 1.54) is 35.5 Å². The van der Waals surface area contributed by atoms with Crippen LogP contribution >= 0.6 is 0 Å². The molecular weight excluding hydrogens is 336 g/mol. The van der Waals surface area contributed by atoms with Gasteiger partial charge in [0.25, 0.3) is 0 Å². The average molecular weight is 381 g/mol. The fourth-order valence-electron chi connectivity index (χ4n) is 12.2. The SMILES string of the molecule is CC1CC2C3CC(C2C1)C(C1CC2CCCC4CC(C)C5CCCC1C5C42)C3. The van der Waals surface area contributed by atoms with Gasteiger partial charge in [-0.2, -0.15) is 0 Å². The summed E-state index contributed by atoms with van der Waals surface area (Å²) in [6, 6.07) is 0. The van der Waals surface area contributed by atoms with Crippen LogP contribution < -0.4 is 0 Å². The van der Waals surface area contributed by atoms with Gasteiger partial charge in [-0.05, 0) is 134 Å². The summed E-state index contributed by atoms with van der Waals surface area (Å²) in [5.41, 5.74) is 0. The lowest BCUT2D eigenvalue weighted by atomic mass is 9.43. The molecule has 0 radical (unpaired) electrons. The molecular formula is C28H44. The molecule has 14 atom stereocenters. The zero-order chi connectivity index (χ0) is 18.6. The van der Waals surface area contributed by atoms with Crippen molar-refractivity contribution in [3.05, 3.63) is 0 Å². The molecule has 7 rings (SSSR count). The van der Waals surface area contributed by atoms with Crippen molar-refractivity contribution < 1.29 is 0 Å². The van der Waals surface area contributed by atoms with Crippen molar-refractivity contribution in [1.82, 2.24) is 0 Å². The van der Waals surface area contributed by atoms with Crippen molar-refractivity contribution in [2.75, 3.05) is 0 Å². The quantitative estimate of drug-likeness (QED) is 0.443. The van der Waals surface area contributed by atoms with E-state index in [-0.39, 0.29) is 0 Å². The van der Waals surface area contributed by atoms with Gasteiger partial charge >= 0.3 is 0 Å². The maximum atomic E-state index is 2.67. The maximum absolute atomic E-state index is 2.67. The standard InChI is InChI=1S/C28H44/c1-15-9-22-19-13-25(23(22)10-15)26(14-19)24-12-18-6-3-5-17-11-16(2)20-7-4-8-21(24)28(20)27(17)18/h15-28H,3-14H2,1-2H3. The van der Waals surface area contributed by atoms with Crippen LogP contribution in [0.15, 0.2) is 0 Å². The van der Waals surface area contributed by atoms with Crippen LogP contribution in [0.3, 0.4) is 0 Å². The highest BCUT2D eigenvalue weighted by Gasteiger charge is 2.61. The molecule has 2 bridgehead atoms. The predicted molar refractivity (Wildman–Crippen MR) is 116 cm³/mol. The van der Waals surface area contributed by atoms with Gasteiger partial charge in [0.05, 0.1) is 0 Å². The van der Waals surface area contributed by atoms with Gasteiger partial charge in [-0.25, -0.2) is 0 Å². The molecule has 7 aliphatic rings. The third-order valence-electron chi connectivity index (χ3n) is 12.6. The zero-order valence-electron chi connectivity index (χ0n) is 18.6. The maximum Gasteiger partial charge on any atom is -0.0318 e. The van der Waals surface area contributed by atoms with E-state index in [4.69, 9.17) is 0 Å². The number of hydrogen-bond donors (Lipinski definition) is 0. The Morgan fingerprint density at radius 1 is 0.429 bits per heavy atom. The van der Waals surface area contributed by atoms with Crippen LogP contribution in [0.25, 0.3) is 0 Å². The minimum Gasteiger partial charge on any atom is -0.0625 e. The van der Waals surface area contributed by atoms with Crippen LogP contribution in [0.4, 0.5) is 0 Å². The van der Waals surface area contributed by atoms with E-state index < -0.39 is 0 Å². The molecule has 0 spiro atoms. The summed E-state index contributed by atoms with van der Waals surface area (Å²) in [6.45, 7) is 5.23. The van der Waals surface area contributed by atoms with Gasteiger partial charge in [0.2, 0.25) is 0 Å². The highest BCUT2D eigenvalue weighted by Crippen LogP contribution is 2.69. The normalized spacial score (nSPS) is 64.5. The molecule has 14 unspecified atom stereocenters. The summed E-state index contributed by atoms with van der Waals surface area (Å²) >= 11 is 0. The van der Waals surface area contributed by atoms with E-state index in [9.17, 15) is 0 Å². The molecule has 0 aromatic rings. The lowest BCUT2D eigenvalue weighted by Gasteiger charge is -2.62. The molecule has 0 heteroatoms. The van der Waals surface area contributed by atoms with Crippen LogP contribution in [0.5, 0.6) is 0 Å². The minimum atomic E-state index is 1.05. The lowest BCUT2D eigenvalue weighted by Crippen LogP contribution is -2.55. The van der Waals surface area contributed by atoms with E-state index >= 15 is 0 Å². The molecule has 7 fully saturated rings. The van der Waals surface area contributed by atoms with E-state index in [1.807, 2.05) is 0 Å². The third kappa shape index (κ3) is 2.30. The second-order valence-corrected chi connectivity index (χ2v) is 13.4. The van der Waals surface area contributed by atoms with Gasteiger partial charge in [-0.15, -0.1) is 0 Å². The molecule has 0 aliphatic heterocycles.